The lowest BCUT2D eigenvalue weighted by Gasteiger charge is -2.24. The molecule has 0 bridgehead atoms. The van der Waals surface area contributed by atoms with E-state index in [2.05, 4.69) is 22.5 Å². The molecule has 1 fully saturated rings. The standard InChI is InChI=1S/C17H28N4O2/c1-2-18-16(20-10-6-15-5-3-4-9-19-15)21-13-17(7-11-22)8-12-23-14-17/h3-5,9,22H,2,6-8,10-14H2,1H3,(H2,18,20,21). The summed E-state index contributed by atoms with van der Waals surface area (Å²) in [6, 6.07) is 5.95. The molecule has 1 atom stereocenters. The molecule has 1 aliphatic heterocycles. The third kappa shape index (κ3) is 5.80. The van der Waals surface area contributed by atoms with Gasteiger partial charge in [0.15, 0.2) is 5.96 Å². The first kappa shape index (κ1) is 17.7. The molecule has 1 unspecified atom stereocenters. The quantitative estimate of drug-likeness (QED) is 0.491. The highest BCUT2D eigenvalue weighted by molar-refractivity contribution is 5.79. The Balaban J connectivity index is 1.86. The van der Waals surface area contributed by atoms with E-state index in [1.54, 1.807) is 0 Å². The minimum atomic E-state index is -0.0158. The van der Waals surface area contributed by atoms with Gasteiger partial charge >= 0.3 is 0 Å². The molecule has 6 heteroatoms. The van der Waals surface area contributed by atoms with E-state index in [1.807, 2.05) is 24.4 Å². The molecular weight excluding hydrogens is 292 g/mol. The van der Waals surface area contributed by atoms with Gasteiger partial charge in [0.25, 0.3) is 0 Å². The molecule has 0 radical (unpaired) electrons. The second-order valence-corrected chi connectivity index (χ2v) is 5.97. The minimum absolute atomic E-state index is 0.0158. The summed E-state index contributed by atoms with van der Waals surface area (Å²) in [5.74, 6) is 0.813. The number of ether oxygens (including phenoxy) is 1. The Kier molecular flexibility index (Phi) is 7.29. The maximum absolute atomic E-state index is 9.29. The van der Waals surface area contributed by atoms with Gasteiger partial charge in [0.1, 0.15) is 0 Å². The molecule has 0 spiro atoms. The van der Waals surface area contributed by atoms with Crippen LogP contribution in [0.3, 0.4) is 0 Å². The van der Waals surface area contributed by atoms with Gasteiger partial charge in [-0.1, -0.05) is 6.07 Å². The number of nitrogens with zero attached hydrogens (tertiary/aromatic N) is 2. The molecule has 1 saturated heterocycles. The smallest absolute Gasteiger partial charge is 0.191 e. The molecule has 1 aromatic heterocycles. The maximum atomic E-state index is 9.29. The van der Waals surface area contributed by atoms with Crippen LogP contribution in [0.25, 0.3) is 0 Å². The van der Waals surface area contributed by atoms with Gasteiger partial charge in [-0.15, -0.1) is 0 Å². The highest BCUT2D eigenvalue weighted by Crippen LogP contribution is 2.32. The number of aliphatic hydroxyl groups is 1. The van der Waals surface area contributed by atoms with Crippen LogP contribution >= 0.6 is 0 Å². The van der Waals surface area contributed by atoms with Crippen LogP contribution in [-0.4, -0.2) is 55.5 Å². The van der Waals surface area contributed by atoms with Gasteiger partial charge in [-0.05, 0) is 31.9 Å². The van der Waals surface area contributed by atoms with E-state index in [1.165, 1.54) is 0 Å². The largest absolute Gasteiger partial charge is 0.396 e. The second kappa shape index (κ2) is 9.47. The van der Waals surface area contributed by atoms with E-state index in [9.17, 15) is 5.11 Å². The summed E-state index contributed by atoms with van der Waals surface area (Å²) in [5, 5.41) is 15.9. The Morgan fingerprint density at radius 3 is 3.00 bits per heavy atom. The van der Waals surface area contributed by atoms with Crippen LogP contribution in [0.1, 0.15) is 25.5 Å². The number of nitrogens with one attached hydrogen (secondary N) is 2. The van der Waals surface area contributed by atoms with Crippen LogP contribution in [0.15, 0.2) is 29.4 Å². The molecule has 1 aromatic rings. The van der Waals surface area contributed by atoms with Crippen molar-refractivity contribution in [3.8, 4) is 0 Å². The van der Waals surface area contributed by atoms with E-state index >= 15 is 0 Å². The van der Waals surface area contributed by atoms with Gasteiger partial charge in [-0.2, -0.15) is 0 Å². The van der Waals surface area contributed by atoms with Crippen LogP contribution in [0.4, 0.5) is 0 Å². The first-order valence-corrected chi connectivity index (χ1v) is 8.39. The van der Waals surface area contributed by atoms with Gasteiger partial charge in [-0.25, -0.2) is 0 Å². The van der Waals surface area contributed by atoms with Crippen molar-refractivity contribution < 1.29 is 9.84 Å². The zero-order chi connectivity index (χ0) is 16.4. The Hall–Kier alpha value is -1.66. The Morgan fingerprint density at radius 1 is 1.43 bits per heavy atom. The molecule has 1 aliphatic rings. The van der Waals surface area contributed by atoms with Gasteiger partial charge in [0.2, 0.25) is 0 Å². The lowest BCUT2D eigenvalue weighted by Crippen LogP contribution is -2.39. The third-order valence-electron chi connectivity index (χ3n) is 4.14. The second-order valence-electron chi connectivity index (χ2n) is 5.97. The molecular formula is C17H28N4O2. The summed E-state index contributed by atoms with van der Waals surface area (Å²) in [6.45, 7) is 5.96. The molecule has 0 aromatic carbocycles. The van der Waals surface area contributed by atoms with Gasteiger partial charge < -0.3 is 20.5 Å². The molecule has 0 amide bonds. The monoisotopic (exact) mass is 320 g/mol. The van der Waals surface area contributed by atoms with Crippen molar-refractivity contribution in [2.45, 2.75) is 26.2 Å². The fourth-order valence-corrected chi connectivity index (χ4v) is 2.73. The van der Waals surface area contributed by atoms with Crippen LogP contribution < -0.4 is 10.6 Å². The zero-order valence-corrected chi connectivity index (χ0v) is 13.9. The van der Waals surface area contributed by atoms with E-state index in [0.29, 0.717) is 13.2 Å². The Bertz CT molecular complexity index is 473. The maximum Gasteiger partial charge on any atom is 0.191 e. The first-order valence-electron chi connectivity index (χ1n) is 8.39. The summed E-state index contributed by atoms with van der Waals surface area (Å²) in [4.78, 5) is 9.02. The molecule has 0 saturated carbocycles. The molecule has 0 aliphatic carbocycles. The summed E-state index contributed by atoms with van der Waals surface area (Å²) < 4.78 is 5.51. The number of rotatable bonds is 8. The number of hydrogen-bond donors (Lipinski definition) is 3. The Morgan fingerprint density at radius 2 is 2.35 bits per heavy atom. The Labute approximate surface area is 138 Å². The predicted octanol–water partition coefficient (Wildman–Crippen LogP) is 0.968. The average molecular weight is 320 g/mol. The molecule has 2 heterocycles. The topological polar surface area (TPSA) is 78.8 Å². The first-order chi connectivity index (χ1) is 11.3. The number of aliphatic imine (C=N–C) groups is 1. The summed E-state index contributed by atoms with van der Waals surface area (Å²) in [6.07, 6.45) is 4.37. The molecule has 6 nitrogen and oxygen atoms in total. The number of aliphatic hydroxyl groups excluding tert-OH is 1. The van der Waals surface area contributed by atoms with Gasteiger partial charge in [0, 0.05) is 50.0 Å². The normalized spacial score (nSPS) is 21.4. The van der Waals surface area contributed by atoms with Crippen molar-refractivity contribution in [2.24, 2.45) is 10.4 Å². The molecule has 23 heavy (non-hydrogen) atoms. The molecule has 3 N–H and O–H groups in total. The van der Waals surface area contributed by atoms with E-state index in [0.717, 1.165) is 50.6 Å². The summed E-state index contributed by atoms with van der Waals surface area (Å²) in [7, 11) is 0. The van der Waals surface area contributed by atoms with Crippen molar-refractivity contribution in [1.29, 1.82) is 0 Å². The highest BCUT2D eigenvalue weighted by Gasteiger charge is 2.34. The highest BCUT2D eigenvalue weighted by atomic mass is 16.5. The van der Waals surface area contributed by atoms with E-state index < -0.39 is 0 Å². The van der Waals surface area contributed by atoms with Crippen LogP contribution in [0.5, 0.6) is 0 Å². The van der Waals surface area contributed by atoms with E-state index in [4.69, 9.17) is 9.73 Å². The fourth-order valence-electron chi connectivity index (χ4n) is 2.73. The van der Waals surface area contributed by atoms with Crippen LogP contribution in [0.2, 0.25) is 0 Å². The number of hydrogen-bond acceptors (Lipinski definition) is 4. The van der Waals surface area contributed by atoms with Gasteiger partial charge in [0.05, 0.1) is 13.2 Å². The van der Waals surface area contributed by atoms with Crippen molar-refractivity contribution in [2.75, 3.05) is 39.5 Å². The van der Waals surface area contributed by atoms with Crippen LogP contribution in [0, 0.1) is 5.41 Å². The zero-order valence-electron chi connectivity index (χ0n) is 13.9. The minimum Gasteiger partial charge on any atom is -0.396 e. The van der Waals surface area contributed by atoms with Crippen LogP contribution in [-0.2, 0) is 11.2 Å². The average Bonchev–Trinajstić information content (AvgIpc) is 3.03. The van der Waals surface area contributed by atoms with Crippen molar-refractivity contribution >= 4 is 5.96 Å². The SMILES string of the molecule is CCNC(=NCC1(CCO)CCOC1)NCCc1ccccn1. The fraction of sp³-hybridized carbons (Fsp3) is 0.647. The third-order valence-corrected chi connectivity index (χ3v) is 4.14. The number of pyridine rings is 1. The molecule has 128 valence electrons. The van der Waals surface area contributed by atoms with Crippen molar-refractivity contribution in [3.05, 3.63) is 30.1 Å². The number of aromatic nitrogens is 1. The van der Waals surface area contributed by atoms with Crippen molar-refractivity contribution in [1.82, 2.24) is 15.6 Å². The summed E-state index contributed by atoms with van der Waals surface area (Å²) in [5.41, 5.74) is 1.05. The van der Waals surface area contributed by atoms with Gasteiger partial charge in [-0.3, -0.25) is 9.98 Å². The molecule has 2 rings (SSSR count). The van der Waals surface area contributed by atoms with Crippen molar-refractivity contribution in [3.63, 3.8) is 0 Å². The number of guanidine groups is 1. The van der Waals surface area contributed by atoms with E-state index in [-0.39, 0.29) is 12.0 Å². The summed E-state index contributed by atoms with van der Waals surface area (Å²) >= 11 is 0. The lowest BCUT2D eigenvalue weighted by molar-refractivity contribution is 0.131. The predicted molar refractivity (Wildman–Crippen MR) is 91.5 cm³/mol. The lowest BCUT2D eigenvalue weighted by atomic mass is 9.84.